The molecule has 5 heteroatoms. The van der Waals surface area contributed by atoms with Gasteiger partial charge in [0.2, 0.25) is 0 Å². The first-order valence-electron chi connectivity index (χ1n) is 13.2. The number of rotatable bonds is 9. The largest absolute Gasteiger partial charge is 0.254 e. The van der Waals surface area contributed by atoms with Crippen LogP contribution >= 0.6 is 34.0 Å². The van der Waals surface area contributed by atoms with Crippen LogP contribution in [-0.2, 0) is 12.8 Å². The molecule has 0 atom stereocenters. The van der Waals surface area contributed by atoms with Gasteiger partial charge in [0.25, 0.3) is 0 Å². The summed E-state index contributed by atoms with van der Waals surface area (Å²) in [7, 11) is 0. The molecule has 0 radical (unpaired) electrons. The van der Waals surface area contributed by atoms with Crippen LogP contribution in [0.2, 0.25) is 0 Å². The van der Waals surface area contributed by atoms with Crippen molar-refractivity contribution < 1.29 is 0 Å². The van der Waals surface area contributed by atoms with E-state index < -0.39 is 0 Å². The zero-order chi connectivity index (χ0) is 25.2. The molecule has 0 fully saturated rings. The molecule has 0 aliphatic rings. The first-order chi connectivity index (χ1) is 18.3. The fourth-order valence-corrected chi connectivity index (χ4v) is 8.39. The highest BCUT2D eigenvalue weighted by molar-refractivity contribution is 7.27. The number of aromatic nitrogens is 2. The molecule has 6 aromatic rings. The summed E-state index contributed by atoms with van der Waals surface area (Å²) in [6.07, 6.45) is 9.10. The number of unbranched alkanes of at least 4 members (excludes halogenated alkanes) is 2. The molecule has 0 aliphatic carbocycles. The fraction of sp³-hybridized carbons (Fsp3) is 0.250. The zero-order valence-corrected chi connectivity index (χ0v) is 23.7. The Hall–Kier alpha value is -2.86. The topological polar surface area (TPSA) is 25.8 Å². The first kappa shape index (κ1) is 24.5. The van der Waals surface area contributed by atoms with Gasteiger partial charge in [-0.2, -0.15) is 0 Å². The number of thiophene rings is 3. The molecule has 0 saturated heterocycles. The highest BCUT2D eigenvalue weighted by Crippen LogP contribution is 2.47. The van der Waals surface area contributed by atoms with Gasteiger partial charge in [-0.25, -0.2) is 4.98 Å². The Morgan fingerprint density at radius 2 is 1.35 bits per heavy atom. The van der Waals surface area contributed by atoms with Crippen LogP contribution in [0.5, 0.6) is 0 Å². The molecule has 186 valence electrons. The van der Waals surface area contributed by atoms with Crippen LogP contribution in [0.25, 0.3) is 51.9 Å². The van der Waals surface area contributed by atoms with Gasteiger partial charge in [-0.1, -0.05) is 57.0 Å². The van der Waals surface area contributed by atoms with E-state index in [9.17, 15) is 0 Å². The molecule has 0 bridgehead atoms. The SMILES string of the molecule is CCCCc1c(-c2cccs2)sc(-c2ccc(-c3ccc4ccc5cccnc5c4n3)s2)c1CCCC. The number of hydrogen-bond acceptors (Lipinski definition) is 5. The van der Waals surface area contributed by atoms with E-state index in [4.69, 9.17) is 4.98 Å². The Morgan fingerprint density at radius 1 is 0.649 bits per heavy atom. The minimum Gasteiger partial charge on any atom is -0.254 e. The molecule has 5 heterocycles. The summed E-state index contributed by atoms with van der Waals surface area (Å²) < 4.78 is 0. The number of nitrogens with zero attached hydrogens (tertiary/aromatic N) is 2. The quantitative estimate of drug-likeness (QED) is 0.171. The lowest BCUT2D eigenvalue weighted by Crippen LogP contribution is -1.94. The predicted molar refractivity (Wildman–Crippen MR) is 164 cm³/mol. The predicted octanol–water partition coefficient (Wildman–Crippen LogP) is 10.7. The molecular formula is C32H30N2S3. The maximum atomic E-state index is 5.11. The zero-order valence-electron chi connectivity index (χ0n) is 21.3. The Labute approximate surface area is 230 Å². The standard InChI is InChI=1S/C32H30N2S3/c1-3-5-10-23-24(11-6-4-2)32(37-31(23)27-12-8-20-35-27)28-18-17-26(36-28)25-16-15-22-14-13-21-9-7-19-33-29(21)30(22)34-25/h7-9,12-20H,3-6,10-11H2,1-2H3. The summed E-state index contributed by atoms with van der Waals surface area (Å²) in [6.45, 7) is 4.59. The van der Waals surface area contributed by atoms with Crippen LogP contribution in [0, 0.1) is 0 Å². The molecule has 0 spiro atoms. The highest BCUT2D eigenvalue weighted by Gasteiger charge is 2.22. The van der Waals surface area contributed by atoms with Gasteiger partial charge in [0.05, 0.1) is 21.6 Å². The average Bonchev–Trinajstić information content (AvgIpc) is 3.70. The van der Waals surface area contributed by atoms with Gasteiger partial charge < -0.3 is 0 Å². The van der Waals surface area contributed by atoms with Crippen LogP contribution in [0.1, 0.15) is 50.7 Å². The Morgan fingerprint density at radius 3 is 2.08 bits per heavy atom. The van der Waals surface area contributed by atoms with E-state index in [0.717, 1.165) is 33.9 Å². The lowest BCUT2D eigenvalue weighted by Gasteiger charge is -2.08. The molecule has 0 unspecified atom stereocenters. The second-order valence-corrected chi connectivity index (χ2v) is 12.5. The Kier molecular flexibility index (Phi) is 7.18. The van der Waals surface area contributed by atoms with E-state index >= 15 is 0 Å². The van der Waals surface area contributed by atoms with E-state index in [0.29, 0.717) is 0 Å². The van der Waals surface area contributed by atoms with E-state index in [2.05, 4.69) is 78.8 Å². The maximum Gasteiger partial charge on any atom is 0.0972 e. The number of hydrogen-bond donors (Lipinski definition) is 0. The smallest absolute Gasteiger partial charge is 0.0972 e. The van der Waals surface area contributed by atoms with Crippen molar-refractivity contribution in [2.45, 2.75) is 52.4 Å². The van der Waals surface area contributed by atoms with Gasteiger partial charge in [0.1, 0.15) is 0 Å². The number of benzene rings is 1. The molecule has 0 aliphatic heterocycles. The van der Waals surface area contributed by atoms with E-state index in [1.807, 2.05) is 46.3 Å². The van der Waals surface area contributed by atoms with Crippen LogP contribution in [-0.4, -0.2) is 9.97 Å². The Balaban J connectivity index is 1.45. The van der Waals surface area contributed by atoms with E-state index in [1.54, 1.807) is 11.1 Å². The summed E-state index contributed by atoms with van der Waals surface area (Å²) in [5.74, 6) is 0. The van der Waals surface area contributed by atoms with Crippen LogP contribution < -0.4 is 0 Å². The summed E-state index contributed by atoms with van der Waals surface area (Å²) in [5, 5.41) is 4.47. The normalized spacial score (nSPS) is 11.6. The molecular weight excluding hydrogens is 509 g/mol. The number of fused-ring (bicyclic) bond motifs is 3. The third-order valence-electron chi connectivity index (χ3n) is 6.94. The molecule has 0 N–H and O–H groups in total. The van der Waals surface area contributed by atoms with Crippen molar-refractivity contribution in [3.8, 4) is 30.1 Å². The molecule has 0 amide bonds. The third kappa shape index (κ3) is 4.76. The van der Waals surface area contributed by atoms with Gasteiger partial charge in [-0.15, -0.1) is 34.0 Å². The minimum atomic E-state index is 0.972. The summed E-state index contributed by atoms with van der Waals surface area (Å²) in [4.78, 5) is 16.7. The van der Waals surface area contributed by atoms with Gasteiger partial charge in [-0.3, -0.25) is 4.98 Å². The fourth-order valence-electron chi connectivity index (χ4n) is 5.00. The average molecular weight is 539 g/mol. The molecule has 2 nitrogen and oxygen atoms in total. The second-order valence-electron chi connectivity index (χ2n) is 9.47. The number of pyridine rings is 2. The molecule has 0 saturated carbocycles. The van der Waals surface area contributed by atoms with Crippen molar-refractivity contribution >= 4 is 55.8 Å². The van der Waals surface area contributed by atoms with Crippen LogP contribution in [0.4, 0.5) is 0 Å². The first-order valence-corrected chi connectivity index (χ1v) is 15.7. The van der Waals surface area contributed by atoms with Gasteiger partial charge >= 0.3 is 0 Å². The summed E-state index contributed by atoms with van der Waals surface area (Å²) in [6, 6.07) is 21.7. The van der Waals surface area contributed by atoms with Crippen molar-refractivity contribution in [1.82, 2.24) is 9.97 Å². The second kappa shape index (κ2) is 10.9. The van der Waals surface area contributed by atoms with Crippen LogP contribution in [0.3, 0.4) is 0 Å². The highest BCUT2D eigenvalue weighted by atomic mass is 32.1. The van der Waals surface area contributed by atoms with E-state index in [-0.39, 0.29) is 0 Å². The molecule has 5 aromatic heterocycles. The van der Waals surface area contributed by atoms with Gasteiger partial charge in [0.15, 0.2) is 0 Å². The maximum absolute atomic E-state index is 5.11. The van der Waals surface area contributed by atoms with Crippen molar-refractivity contribution in [3.63, 3.8) is 0 Å². The van der Waals surface area contributed by atoms with Crippen molar-refractivity contribution in [2.24, 2.45) is 0 Å². The van der Waals surface area contributed by atoms with Crippen molar-refractivity contribution in [2.75, 3.05) is 0 Å². The van der Waals surface area contributed by atoms with E-state index in [1.165, 1.54) is 56.5 Å². The minimum absolute atomic E-state index is 0.972. The van der Waals surface area contributed by atoms with Crippen molar-refractivity contribution in [1.29, 1.82) is 0 Å². The van der Waals surface area contributed by atoms with Gasteiger partial charge in [-0.05, 0) is 72.5 Å². The monoisotopic (exact) mass is 538 g/mol. The van der Waals surface area contributed by atoms with Crippen molar-refractivity contribution in [3.05, 3.63) is 83.4 Å². The van der Waals surface area contributed by atoms with Crippen LogP contribution in [0.15, 0.2) is 72.2 Å². The Bertz CT molecular complexity index is 1660. The summed E-state index contributed by atoms with van der Waals surface area (Å²) >= 11 is 5.74. The molecule has 6 rings (SSSR count). The lowest BCUT2D eigenvalue weighted by atomic mass is 9.97. The molecule has 1 aromatic carbocycles. The van der Waals surface area contributed by atoms with Gasteiger partial charge in [0, 0.05) is 36.5 Å². The lowest BCUT2D eigenvalue weighted by molar-refractivity contribution is 0.764. The third-order valence-corrected chi connectivity index (χ3v) is 10.5. The molecule has 37 heavy (non-hydrogen) atoms. The summed E-state index contributed by atoms with van der Waals surface area (Å²) in [5.41, 5.74) is 6.15.